The Hall–Kier alpha value is -2.36. The molecule has 0 atom stereocenters. The number of pyridine rings is 1. The van der Waals surface area contributed by atoms with E-state index in [1.54, 1.807) is 0 Å². The molecule has 1 amide bonds. The van der Waals surface area contributed by atoms with E-state index in [1.165, 1.54) is 5.56 Å². The minimum atomic E-state index is -0.400. The first-order valence-electron chi connectivity index (χ1n) is 9.16. The summed E-state index contributed by atoms with van der Waals surface area (Å²) in [6.45, 7) is 4.82. The average molecular weight is 336 g/mol. The number of nitrogens with zero attached hydrogens (tertiary/aromatic N) is 1. The molecule has 1 aromatic heterocycles. The lowest BCUT2D eigenvalue weighted by atomic mass is 9.91. The van der Waals surface area contributed by atoms with Gasteiger partial charge in [0, 0.05) is 5.69 Å². The Bertz CT molecular complexity index is 825. The minimum absolute atomic E-state index is 0.0666. The quantitative estimate of drug-likeness (QED) is 0.920. The number of rotatable bonds is 4. The molecule has 2 aliphatic rings. The summed E-state index contributed by atoms with van der Waals surface area (Å²) < 4.78 is 5.70. The summed E-state index contributed by atoms with van der Waals surface area (Å²) in [6, 6.07) is 10.3. The van der Waals surface area contributed by atoms with Crippen LogP contribution in [0.25, 0.3) is 0 Å². The minimum Gasteiger partial charge on any atom is -0.493 e. The summed E-state index contributed by atoms with van der Waals surface area (Å²) >= 11 is 0. The molecular weight excluding hydrogens is 312 g/mol. The molecule has 1 fully saturated rings. The lowest BCUT2D eigenvalue weighted by molar-refractivity contribution is -0.118. The maximum atomic E-state index is 13.1. The van der Waals surface area contributed by atoms with Gasteiger partial charge in [-0.2, -0.15) is 0 Å². The molecule has 4 rings (SSSR count). The van der Waals surface area contributed by atoms with E-state index >= 15 is 0 Å². The van der Waals surface area contributed by atoms with Crippen molar-refractivity contribution in [2.45, 2.75) is 51.4 Å². The lowest BCUT2D eigenvalue weighted by Gasteiger charge is -2.21. The van der Waals surface area contributed by atoms with Crippen molar-refractivity contribution >= 4 is 11.7 Å². The van der Waals surface area contributed by atoms with Gasteiger partial charge in [0.1, 0.15) is 11.6 Å². The topological polar surface area (TPSA) is 51.2 Å². The number of aryl methyl sites for hydroxylation is 3. The van der Waals surface area contributed by atoms with E-state index in [4.69, 9.17) is 4.74 Å². The Morgan fingerprint density at radius 3 is 2.88 bits per heavy atom. The van der Waals surface area contributed by atoms with Crippen molar-refractivity contribution in [2.24, 2.45) is 0 Å². The maximum absolute atomic E-state index is 13.1. The van der Waals surface area contributed by atoms with Crippen LogP contribution in [-0.4, -0.2) is 17.5 Å². The fraction of sp³-hybridized carbons (Fsp3) is 0.429. The van der Waals surface area contributed by atoms with Gasteiger partial charge in [-0.1, -0.05) is 25.1 Å². The molecule has 1 aliphatic heterocycles. The zero-order chi connectivity index (χ0) is 17.4. The summed E-state index contributed by atoms with van der Waals surface area (Å²) in [4.78, 5) is 17.6. The summed E-state index contributed by atoms with van der Waals surface area (Å²) in [5.41, 5.74) is 3.94. The van der Waals surface area contributed by atoms with Gasteiger partial charge >= 0.3 is 0 Å². The van der Waals surface area contributed by atoms with Crippen LogP contribution in [0.4, 0.5) is 5.82 Å². The summed E-state index contributed by atoms with van der Waals surface area (Å²) in [5, 5.41) is 3.10. The van der Waals surface area contributed by atoms with Gasteiger partial charge < -0.3 is 10.1 Å². The fourth-order valence-corrected chi connectivity index (χ4v) is 3.64. The number of carbonyl (C=O) groups excluding carboxylic acids is 1. The first-order chi connectivity index (χ1) is 12.1. The number of hydrogen-bond acceptors (Lipinski definition) is 3. The van der Waals surface area contributed by atoms with Gasteiger partial charge in [0.2, 0.25) is 5.91 Å². The Morgan fingerprint density at radius 1 is 1.28 bits per heavy atom. The van der Waals surface area contributed by atoms with Crippen molar-refractivity contribution < 1.29 is 9.53 Å². The van der Waals surface area contributed by atoms with E-state index in [2.05, 4.69) is 29.4 Å². The Kier molecular flexibility index (Phi) is 3.98. The Balaban J connectivity index is 1.61. The van der Waals surface area contributed by atoms with Crippen LogP contribution in [0.5, 0.6) is 5.75 Å². The molecule has 0 saturated heterocycles. The second-order valence-corrected chi connectivity index (χ2v) is 7.12. The number of amides is 1. The van der Waals surface area contributed by atoms with Gasteiger partial charge in [0.25, 0.3) is 0 Å². The smallest absolute Gasteiger partial charge is 0.236 e. The van der Waals surface area contributed by atoms with Crippen LogP contribution in [0.1, 0.15) is 48.6 Å². The molecule has 25 heavy (non-hydrogen) atoms. The van der Waals surface area contributed by atoms with Crippen LogP contribution in [0.3, 0.4) is 0 Å². The first-order valence-corrected chi connectivity index (χ1v) is 9.16. The van der Waals surface area contributed by atoms with Gasteiger partial charge in [-0.25, -0.2) is 4.98 Å². The number of aromatic nitrogens is 1. The highest BCUT2D eigenvalue weighted by atomic mass is 16.5. The predicted octanol–water partition coefficient (Wildman–Crippen LogP) is 3.95. The molecule has 0 spiro atoms. The molecule has 2 aromatic rings. The first kappa shape index (κ1) is 16.1. The Morgan fingerprint density at radius 2 is 2.12 bits per heavy atom. The third-order valence-corrected chi connectivity index (χ3v) is 5.38. The predicted molar refractivity (Wildman–Crippen MR) is 98.2 cm³/mol. The van der Waals surface area contributed by atoms with Gasteiger partial charge in [0.05, 0.1) is 12.0 Å². The monoisotopic (exact) mass is 336 g/mol. The van der Waals surface area contributed by atoms with Gasteiger partial charge in [-0.05, 0) is 67.9 Å². The molecule has 1 N–H and O–H groups in total. The molecule has 2 heterocycles. The number of fused-ring (bicyclic) bond motifs is 1. The van der Waals surface area contributed by atoms with Crippen LogP contribution in [0.15, 0.2) is 30.3 Å². The summed E-state index contributed by atoms with van der Waals surface area (Å²) in [6.07, 6.45) is 4.71. The highest BCUT2D eigenvalue weighted by Crippen LogP contribution is 2.50. The molecule has 130 valence electrons. The Labute approximate surface area is 148 Å². The van der Waals surface area contributed by atoms with E-state index in [9.17, 15) is 4.79 Å². The molecule has 0 radical (unpaired) electrons. The van der Waals surface area contributed by atoms with Crippen LogP contribution < -0.4 is 10.1 Å². The third-order valence-electron chi connectivity index (χ3n) is 5.38. The van der Waals surface area contributed by atoms with Crippen molar-refractivity contribution in [1.29, 1.82) is 0 Å². The second-order valence-electron chi connectivity index (χ2n) is 7.12. The fourth-order valence-electron chi connectivity index (χ4n) is 3.64. The summed E-state index contributed by atoms with van der Waals surface area (Å²) in [7, 11) is 0. The number of anilines is 1. The number of benzene rings is 1. The zero-order valence-electron chi connectivity index (χ0n) is 14.9. The van der Waals surface area contributed by atoms with Crippen molar-refractivity contribution in [2.75, 3.05) is 11.9 Å². The number of ether oxygens (including phenoxy) is 1. The summed E-state index contributed by atoms with van der Waals surface area (Å²) in [5.74, 6) is 1.75. The number of carbonyl (C=O) groups is 1. The zero-order valence-corrected chi connectivity index (χ0v) is 14.9. The normalized spacial score (nSPS) is 17.4. The van der Waals surface area contributed by atoms with Crippen molar-refractivity contribution in [1.82, 2.24) is 4.98 Å². The number of hydrogen-bond donors (Lipinski definition) is 1. The van der Waals surface area contributed by atoms with Crippen LogP contribution in [-0.2, 0) is 23.1 Å². The molecule has 0 unspecified atom stereocenters. The van der Waals surface area contributed by atoms with Crippen LogP contribution >= 0.6 is 0 Å². The maximum Gasteiger partial charge on any atom is 0.236 e. The highest BCUT2D eigenvalue weighted by molar-refractivity contribution is 6.01. The van der Waals surface area contributed by atoms with Crippen molar-refractivity contribution in [3.8, 4) is 5.75 Å². The van der Waals surface area contributed by atoms with E-state index in [-0.39, 0.29) is 5.91 Å². The molecule has 4 nitrogen and oxygen atoms in total. The van der Waals surface area contributed by atoms with Gasteiger partial charge in [0.15, 0.2) is 0 Å². The van der Waals surface area contributed by atoms with E-state index in [0.29, 0.717) is 5.82 Å². The van der Waals surface area contributed by atoms with E-state index < -0.39 is 5.41 Å². The van der Waals surface area contributed by atoms with E-state index in [0.717, 1.165) is 61.3 Å². The molecular formula is C21H24N2O2. The average Bonchev–Trinajstić information content (AvgIpc) is 3.43. The largest absolute Gasteiger partial charge is 0.493 e. The molecule has 4 heteroatoms. The standard InChI is InChI=1S/C21H24N2O2/c1-3-15-7-6-14(2)22-19(15)23-20(24)21(10-11-21)17-8-9-18-16(13-17)5-4-12-25-18/h6-9,13H,3-5,10-12H2,1-2H3,(H,22,23,24). The van der Waals surface area contributed by atoms with Gasteiger partial charge in [-0.3, -0.25) is 4.79 Å². The van der Waals surface area contributed by atoms with Crippen molar-refractivity contribution in [3.05, 3.63) is 52.7 Å². The highest BCUT2D eigenvalue weighted by Gasteiger charge is 2.51. The van der Waals surface area contributed by atoms with Crippen LogP contribution in [0.2, 0.25) is 0 Å². The lowest BCUT2D eigenvalue weighted by Crippen LogP contribution is -2.29. The SMILES string of the molecule is CCc1ccc(C)nc1NC(=O)C1(c2ccc3c(c2)CCCO3)CC1. The molecule has 1 aromatic carbocycles. The second kappa shape index (κ2) is 6.17. The van der Waals surface area contributed by atoms with Crippen molar-refractivity contribution in [3.63, 3.8) is 0 Å². The third kappa shape index (κ3) is 2.90. The molecule has 0 bridgehead atoms. The molecule has 1 aliphatic carbocycles. The van der Waals surface area contributed by atoms with E-state index in [1.807, 2.05) is 25.1 Å². The molecule has 1 saturated carbocycles. The van der Waals surface area contributed by atoms with Crippen LogP contribution in [0, 0.1) is 6.92 Å². The number of nitrogens with one attached hydrogen (secondary N) is 1. The van der Waals surface area contributed by atoms with Gasteiger partial charge in [-0.15, -0.1) is 0 Å².